The topological polar surface area (TPSA) is 35.5 Å². The third kappa shape index (κ3) is 5.14. The van der Waals surface area contributed by atoms with E-state index in [0.717, 1.165) is 13.3 Å². The van der Waals surface area contributed by atoms with Crippen molar-refractivity contribution in [2.24, 2.45) is 11.3 Å². The van der Waals surface area contributed by atoms with Gasteiger partial charge in [-0.15, -0.1) is 0 Å². The average Bonchev–Trinajstić information content (AvgIpc) is 2.46. The van der Waals surface area contributed by atoms with Crippen LogP contribution in [-0.2, 0) is 14.3 Å². The summed E-state index contributed by atoms with van der Waals surface area (Å²) < 4.78 is 49.1. The van der Waals surface area contributed by atoms with Crippen molar-refractivity contribution in [3.8, 4) is 0 Å². The van der Waals surface area contributed by atoms with Crippen LogP contribution >= 0.6 is 0 Å². The van der Waals surface area contributed by atoms with Crippen LogP contribution < -0.4 is 0 Å². The molecular weight excluding hydrogens is 297 g/mol. The Bertz CT molecular complexity index is 351. The predicted molar refractivity (Wildman–Crippen MR) is 77.2 cm³/mol. The van der Waals surface area contributed by atoms with Crippen LogP contribution in [-0.4, -0.2) is 25.0 Å². The lowest BCUT2D eigenvalue weighted by molar-refractivity contribution is -0.242. The molecule has 2 atom stereocenters. The van der Waals surface area contributed by atoms with E-state index in [1.807, 2.05) is 0 Å². The van der Waals surface area contributed by atoms with Gasteiger partial charge in [-0.05, 0) is 32.6 Å². The number of hydrogen-bond acceptors (Lipinski definition) is 3. The van der Waals surface area contributed by atoms with Crippen molar-refractivity contribution < 1.29 is 27.4 Å². The summed E-state index contributed by atoms with van der Waals surface area (Å²) in [6.07, 6.45) is 1.03. The molecule has 130 valence electrons. The monoisotopic (exact) mass is 324 g/mol. The highest BCUT2D eigenvalue weighted by atomic mass is 19.4. The second-order valence-corrected chi connectivity index (χ2v) is 6.32. The number of ether oxygens (including phenoxy) is 2. The normalized spacial score (nSPS) is 21.2. The van der Waals surface area contributed by atoms with E-state index in [9.17, 15) is 18.0 Å². The first-order chi connectivity index (χ1) is 10.2. The van der Waals surface area contributed by atoms with E-state index >= 15 is 0 Å². The Morgan fingerprint density at radius 1 is 1.23 bits per heavy atom. The minimum atomic E-state index is -4.62. The lowest BCUT2D eigenvalue weighted by Crippen LogP contribution is -2.44. The minimum Gasteiger partial charge on any atom is -0.435 e. The SMILES string of the molecule is CCC(C)(C(=O)OC(C)OCCC1CCCCC1)C(F)(F)F. The number of hydrogen-bond donors (Lipinski definition) is 0. The van der Waals surface area contributed by atoms with E-state index < -0.39 is 23.9 Å². The van der Waals surface area contributed by atoms with Crippen LogP contribution in [0.15, 0.2) is 0 Å². The number of esters is 1. The molecule has 0 amide bonds. The predicted octanol–water partition coefficient (Wildman–Crippen LogP) is 4.84. The molecule has 0 spiro atoms. The van der Waals surface area contributed by atoms with Crippen molar-refractivity contribution in [2.75, 3.05) is 6.61 Å². The molecule has 0 aromatic heterocycles. The fraction of sp³-hybridized carbons (Fsp3) is 0.938. The van der Waals surface area contributed by atoms with Gasteiger partial charge in [0.1, 0.15) is 0 Å². The Hall–Kier alpha value is -0.780. The summed E-state index contributed by atoms with van der Waals surface area (Å²) in [6.45, 7) is 4.06. The molecule has 0 aliphatic heterocycles. The largest absolute Gasteiger partial charge is 0.435 e. The Balaban J connectivity index is 2.36. The quantitative estimate of drug-likeness (QED) is 0.496. The molecule has 0 aromatic carbocycles. The number of rotatable bonds is 7. The summed E-state index contributed by atoms with van der Waals surface area (Å²) >= 11 is 0. The Morgan fingerprint density at radius 2 is 1.82 bits per heavy atom. The van der Waals surface area contributed by atoms with Crippen LogP contribution in [0.25, 0.3) is 0 Å². The highest BCUT2D eigenvalue weighted by molar-refractivity contribution is 5.77. The maximum absolute atomic E-state index is 13.0. The summed E-state index contributed by atoms with van der Waals surface area (Å²) in [6, 6.07) is 0. The first-order valence-corrected chi connectivity index (χ1v) is 8.10. The van der Waals surface area contributed by atoms with Crippen LogP contribution in [0.4, 0.5) is 13.2 Å². The van der Waals surface area contributed by atoms with E-state index in [-0.39, 0.29) is 6.42 Å². The molecular formula is C16H27F3O3. The van der Waals surface area contributed by atoms with Gasteiger partial charge in [0, 0.05) is 0 Å². The lowest BCUT2D eigenvalue weighted by atomic mass is 9.87. The smallest absolute Gasteiger partial charge is 0.404 e. The third-order valence-electron chi connectivity index (χ3n) is 4.66. The molecule has 0 heterocycles. The highest BCUT2D eigenvalue weighted by Crippen LogP contribution is 2.42. The molecule has 2 unspecified atom stereocenters. The second kappa shape index (κ2) is 8.18. The summed E-state index contributed by atoms with van der Waals surface area (Å²) in [7, 11) is 0. The highest BCUT2D eigenvalue weighted by Gasteiger charge is 2.56. The van der Waals surface area contributed by atoms with Gasteiger partial charge < -0.3 is 9.47 Å². The molecule has 1 aliphatic carbocycles. The molecule has 1 saturated carbocycles. The van der Waals surface area contributed by atoms with Crippen LogP contribution in [0, 0.1) is 11.3 Å². The van der Waals surface area contributed by atoms with E-state index in [2.05, 4.69) is 0 Å². The average molecular weight is 324 g/mol. The molecule has 1 rings (SSSR count). The lowest BCUT2D eigenvalue weighted by Gasteiger charge is -2.30. The van der Waals surface area contributed by atoms with Gasteiger partial charge in [0.2, 0.25) is 0 Å². The minimum absolute atomic E-state index is 0.357. The fourth-order valence-corrected chi connectivity index (χ4v) is 2.65. The van der Waals surface area contributed by atoms with Crippen molar-refractivity contribution in [1.29, 1.82) is 0 Å². The van der Waals surface area contributed by atoms with Crippen molar-refractivity contribution in [1.82, 2.24) is 0 Å². The summed E-state index contributed by atoms with van der Waals surface area (Å²) in [5, 5.41) is 0. The molecule has 0 aromatic rings. The third-order valence-corrected chi connectivity index (χ3v) is 4.66. The first-order valence-electron chi connectivity index (χ1n) is 8.10. The maximum Gasteiger partial charge on any atom is 0.404 e. The van der Waals surface area contributed by atoms with Gasteiger partial charge in [-0.2, -0.15) is 13.2 Å². The van der Waals surface area contributed by atoms with Gasteiger partial charge in [-0.25, -0.2) is 0 Å². The number of halogens is 3. The van der Waals surface area contributed by atoms with Crippen LogP contribution in [0.3, 0.4) is 0 Å². The van der Waals surface area contributed by atoms with Crippen LogP contribution in [0.5, 0.6) is 0 Å². The molecule has 1 aliphatic rings. The van der Waals surface area contributed by atoms with Gasteiger partial charge in [0.25, 0.3) is 0 Å². The Morgan fingerprint density at radius 3 is 2.32 bits per heavy atom. The number of carbonyl (C=O) groups is 1. The van der Waals surface area contributed by atoms with Crippen LogP contribution in [0.1, 0.15) is 65.7 Å². The van der Waals surface area contributed by atoms with E-state index in [0.29, 0.717) is 12.5 Å². The number of alkyl halides is 3. The molecule has 6 heteroatoms. The zero-order chi connectivity index (χ0) is 16.8. The van der Waals surface area contributed by atoms with Gasteiger partial charge >= 0.3 is 12.1 Å². The maximum atomic E-state index is 13.0. The van der Waals surface area contributed by atoms with E-state index in [4.69, 9.17) is 9.47 Å². The molecule has 0 N–H and O–H groups in total. The molecule has 0 radical (unpaired) electrons. The van der Waals surface area contributed by atoms with Crippen molar-refractivity contribution in [3.63, 3.8) is 0 Å². The fourth-order valence-electron chi connectivity index (χ4n) is 2.65. The summed E-state index contributed by atoms with van der Waals surface area (Å²) in [5.74, 6) is -0.652. The molecule has 3 nitrogen and oxygen atoms in total. The van der Waals surface area contributed by atoms with E-state index in [1.165, 1.54) is 46.0 Å². The molecule has 0 bridgehead atoms. The first kappa shape index (κ1) is 19.3. The van der Waals surface area contributed by atoms with Crippen molar-refractivity contribution in [2.45, 2.75) is 78.2 Å². The van der Waals surface area contributed by atoms with Crippen molar-refractivity contribution >= 4 is 5.97 Å². The molecule has 1 fully saturated rings. The van der Waals surface area contributed by atoms with Gasteiger partial charge in [-0.3, -0.25) is 4.79 Å². The Kier molecular flexibility index (Phi) is 7.16. The summed E-state index contributed by atoms with van der Waals surface area (Å²) in [4.78, 5) is 11.8. The van der Waals surface area contributed by atoms with E-state index in [1.54, 1.807) is 0 Å². The van der Waals surface area contributed by atoms with Gasteiger partial charge in [-0.1, -0.05) is 39.0 Å². The van der Waals surface area contributed by atoms with Gasteiger partial charge in [0.15, 0.2) is 11.7 Å². The zero-order valence-electron chi connectivity index (χ0n) is 13.7. The molecule has 22 heavy (non-hydrogen) atoms. The number of carbonyl (C=O) groups excluding carboxylic acids is 1. The van der Waals surface area contributed by atoms with Crippen molar-refractivity contribution in [3.05, 3.63) is 0 Å². The Labute approximate surface area is 130 Å². The standard InChI is InChI=1S/C16H27F3O3/c1-4-15(3,16(17,18)19)14(20)22-12(2)21-11-10-13-8-6-5-7-9-13/h12-13H,4-11H2,1-3H3. The van der Waals surface area contributed by atoms with Crippen LogP contribution in [0.2, 0.25) is 0 Å². The second-order valence-electron chi connectivity index (χ2n) is 6.32. The van der Waals surface area contributed by atoms with Gasteiger partial charge in [0.05, 0.1) is 6.61 Å². The zero-order valence-corrected chi connectivity index (χ0v) is 13.7. The molecule has 0 saturated heterocycles. The summed E-state index contributed by atoms with van der Waals surface area (Å²) in [5.41, 5.74) is -2.48.